The summed E-state index contributed by atoms with van der Waals surface area (Å²) in [6.45, 7) is 4.42. The average Bonchev–Trinajstić information content (AvgIpc) is 3.52. The Balaban J connectivity index is 1.46. The third-order valence-electron chi connectivity index (χ3n) is 5.71. The second kappa shape index (κ2) is 8.60. The van der Waals surface area contributed by atoms with Crippen molar-refractivity contribution in [3.05, 3.63) is 75.3 Å². The van der Waals surface area contributed by atoms with Gasteiger partial charge in [-0.3, -0.25) is 14.2 Å². The third-order valence-corrected chi connectivity index (χ3v) is 7.84. The lowest BCUT2D eigenvalue weighted by Gasteiger charge is -2.22. The average molecular weight is 466 g/mol. The Morgan fingerprint density at radius 1 is 1.28 bits per heavy atom. The number of fused-ring (bicyclic) bond motifs is 2. The molecule has 1 amide bonds. The van der Waals surface area contributed by atoms with Gasteiger partial charge in [0.1, 0.15) is 10.6 Å². The van der Waals surface area contributed by atoms with Gasteiger partial charge in [-0.15, -0.1) is 11.3 Å². The van der Waals surface area contributed by atoms with Gasteiger partial charge in [-0.05, 0) is 49.6 Å². The van der Waals surface area contributed by atoms with Crippen LogP contribution in [0.5, 0.6) is 0 Å². The predicted octanol–water partition coefficient (Wildman–Crippen LogP) is 4.73. The first kappa shape index (κ1) is 21.0. The Morgan fingerprint density at radius 3 is 2.91 bits per heavy atom. The van der Waals surface area contributed by atoms with Crippen LogP contribution < -0.4 is 10.5 Å². The number of thioether (sulfide) groups is 1. The Morgan fingerprint density at radius 2 is 2.12 bits per heavy atom. The van der Waals surface area contributed by atoms with E-state index in [2.05, 4.69) is 19.9 Å². The zero-order valence-corrected chi connectivity index (χ0v) is 19.5. The molecule has 1 aliphatic rings. The Kier molecular flexibility index (Phi) is 5.65. The fourth-order valence-corrected chi connectivity index (χ4v) is 6.04. The summed E-state index contributed by atoms with van der Waals surface area (Å²) >= 11 is 2.85. The highest BCUT2D eigenvalue weighted by Crippen LogP contribution is 2.33. The predicted molar refractivity (Wildman–Crippen MR) is 129 cm³/mol. The van der Waals surface area contributed by atoms with Crippen LogP contribution in [0.25, 0.3) is 10.2 Å². The van der Waals surface area contributed by atoms with Crippen LogP contribution in [-0.4, -0.2) is 27.3 Å². The van der Waals surface area contributed by atoms with Crippen LogP contribution in [0.4, 0.5) is 5.69 Å². The monoisotopic (exact) mass is 465 g/mol. The van der Waals surface area contributed by atoms with Crippen molar-refractivity contribution in [2.75, 3.05) is 10.7 Å². The summed E-state index contributed by atoms with van der Waals surface area (Å²) in [5.74, 6) is 0.905. The molecule has 0 aliphatic carbocycles. The highest BCUT2D eigenvalue weighted by atomic mass is 32.2. The Bertz CT molecular complexity index is 1340. The number of benzene rings is 1. The minimum atomic E-state index is -0.0998. The summed E-state index contributed by atoms with van der Waals surface area (Å²) in [4.78, 5) is 35.0. The van der Waals surface area contributed by atoms with Crippen molar-refractivity contribution < 1.29 is 9.21 Å². The molecular formula is C24H23N3O3S2. The molecule has 0 fully saturated rings. The summed E-state index contributed by atoms with van der Waals surface area (Å²) in [7, 11) is 0. The van der Waals surface area contributed by atoms with Crippen LogP contribution >= 0.6 is 23.1 Å². The maximum atomic E-state index is 13.3. The fraction of sp³-hybridized carbons (Fsp3) is 0.292. The van der Waals surface area contributed by atoms with Crippen LogP contribution in [0.15, 0.2) is 63.1 Å². The van der Waals surface area contributed by atoms with E-state index in [1.54, 1.807) is 16.9 Å². The SMILES string of the molecule is CCc1cc2c(=O)n(Cc3ccco3)c(SCC(=O)N3c4ccccc4CC3C)nc2s1. The number of carbonyl (C=O) groups is 1. The number of furan rings is 1. The number of amides is 1. The molecule has 5 rings (SSSR count). The van der Waals surface area contributed by atoms with Crippen LogP contribution in [0.2, 0.25) is 0 Å². The quantitative estimate of drug-likeness (QED) is 0.304. The zero-order chi connectivity index (χ0) is 22.2. The Hall–Kier alpha value is -2.84. The molecule has 1 atom stereocenters. The normalized spacial score (nSPS) is 15.4. The van der Waals surface area contributed by atoms with Crippen molar-refractivity contribution in [3.8, 4) is 0 Å². The van der Waals surface area contributed by atoms with Gasteiger partial charge < -0.3 is 9.32 Å². The molecule has 0 bridgehead atoms. The summed E-state index contributed by atoms with van der Waals surface area (Å²) in [6.07, 6.45) is 3.30. The molecule has 4 heterocycles. The lowest BCUT2D eigenvalue weighted by atomic mass is 10.1. The molecule has 3 aromatic heterocycles. The minimum Gasteiger partial charge on any atom is -0.467 e. The molecule has 1 unspecified atom stereocenters. The summed E-state index contributed by atoms with van der Waals surface area (Å²) in [5, 5.41) is 1.16. The topological polar surface area (TPSA) is 68.3 Å². The maximum Gasteiger partial charge on any atom is 0.263 e. The molecule has 4 aromatic rings. The second-order valence-corrected chi connectivity index (χ2v) is 9.94. The number of aryl methyl sites for hydroxylation is 1. The van der Waals surface area contributed by atoms with E-state index in [0.29, 0.717) is 16.3 Å². The van der Waals surface area contributed by atoms with Gasteiger partial charge in [0.2, 0.25) is 5.91 Å². The number of aromatic nitrogens is 2. The number of para-hydroxylation sites is 1. The van der Waals surface area contributed by atoms with Crippen molar-refractivity contribution >= 4 is 44.9 Å². The van der Waals surface area contributed by atoms with Crippen molar-refractivity contribution in [1.29, 1.82) is 0 Å². The second-order valence-electron chi connectivity index (χ2n) is 7.88. The first-order chi connectivity index (χ1) is 15.5. The summed E-state index contributed by atoms with van der Waals surface area (Å²) in [5.41, 5.74) is 2.07. The summed E-state index contributed by atoms with van der Waals surface area (Å²) in [6, 6.07) is 13.7. The Labute approximate surface area is 193 Å². The van der Waals surface area contributed by atoms with Gasteiger partial charge in [0.25, 0.3) is 5.56 Å². The van der Waals surface area contributed by atoms with Gasteiger partial charge in [0.05, 0.1) is 23.9 Å². The van der Waals surface area contributed by atoms with Gasteiger partial charge in [-0.25, -0.2) is 4.98 Å². The van der Waals surface area contributed by atoms with E-state index >= 15 is 0 Å². The number of hydrogen-bond acceptors (Lipinski definition) is 6. The standard InChI is InChI=1S/C24H23N3O3S2/c1-3-18-12-19-22(32-18)25-24(26(23(19)29)13-17-8-6-10-30-17)31-14-21(28)27-15(2)11-16-7-4-5-9-20(16)27/h4-10,12,15H,3,11,13-14H2,1-2H3. The van der Waals surface area contributed by atoms with Crippen molar-refractivity contribution in [3.63, 3.8) is 0 Å². The smallest absolute Gasteiger partial charge is 0.263 e. The zero-order valence-electron chi connectivity index (χ0n) is 17.9. The summed E-state index contributed by atoms with van der Waals surface area (Å²) < 4.78 is 7.09. The van der Waals surface area contributed by atoms with Crippen LogP contribution in [0.1, 0.15) is 30.0 Å². The number of thiophene rings is 1. The largest absolute Gasteiger partial charge is 0.467 e. The first-order valence-electron chi connectivity index (χ1n) is 10.6. The van der Waals surface area contributed by atoms with Crippen LogP contribution in [0, 0.1) is 0 Å². The molecule has 1 aromatic carbocycles. The molecule has 0 spiro atoms. The minimum absolute atomic E-state index is 0.0202. The molecule has 0 saturated carbocycles. The number of anilines is 1. The molecule has 6 nitrogen and oxygen atoms in total. The van der Waals surface area contributed by atoms with E-state index in [1.807, 2.05) is 35.2 Å². The molecule has 32 heavy (non-hydrogen) atoms. The van der Waals surface area contributed by atoms with E-state index < -0.39 is 0 Å². The first-order valence-corrected chi connectivity index (χ1v) is 12.4. The van der Waals surface area contributed by atoms with E-state index in [1.165, 1.54) is 28.7 Å². The number of rotatable bonds is 6. The molecule has 0 saturated heterocycles. The molecule has 1 aliphatic heterocycles. The third kappa shape index (κ3) is 3.78. The van der Waals surface area contributed by atoms with Crippen LogP contribution in [0.3, 0.4) is 0 Å². The highest BCUT2D eigenvalue weighted by molar-refractivity contribution is 7.99. The molecule has 0 radical (unpaired) electrons. The van der Waals surface area contributed by atoms with Gasteiger partial charge in [-0.2, -0.15) is 0 Å². The van der Waals surface area contributed by atoms with E-state index in [4.69, 9.17) is 9.40 Å². The van der Waals surface area contributed by atoms with Gasteiger partial charge in [0, 0.05) is 16.6 Å². The molecular weight excluding hydrogens is 442 g/mol. The highest BCUT2D eigenvalue weighted by Gasteiger charge is 2.30. The van der Waals surface area contributed by atoms with Crippen molar-refractivity contribution in [2.45, 2.75) is 44.4 Å². The van der Waals surface area contributed by atoms with Crippen molar-refractivity contribution in [1.82, 2.24) is 9.55 Å². The van der Waals surface area contributed by atoms with E-state index in [-0.39, 0.29) is 29.8 Å². The fourth-order valence-electron chi connectivity index (χ4n) is 4.17. The molecule has 8 heteroatoms. The lowest BCUT2D eigenvalue weighted by molar-refractivity contribution is -0.116. The van der Waals surface area contributed by atoms with Crippen LogP contribution in [-0.2, 0) is 24.2 Å². The molecule has 164 valence electrons. The number of nitrogens with zero attached hydrogens (tertiary/aromatic N) is 3. The van der Waals surface area contributed by atoms with E-state index in [9.17, 15) is 9.59 Å². The van der Waals surface area contributed by atoms with Gasteiger partial charge >= 0.3 is 0 Å². The molecule has 0 N–H and O–H groups in total. The number of carbonyl (C=O) groups excluding carboxylic acids is 1. The van der Waals surface area contributed by atoms with Gasteiger partial charge in [0.15, 0.2) is 5.16 Å². The number of hydrogen-bond donors (Lipinski definition) is 0. The van der Waals surface area contributed by atoms with Crippen molar-refractivity contribution in [2.24, 2.45) is 0 Å². The maximum absolute atomic E-state index is 13.3. The lowest BCUT2D eigenvalue weighted by Crippen LogP contribution is -2.37. The van der Waals surface area contributed by atoms with Gasteiger partial charge in [-0.1, -0.05) is 36.9 Å². The van der Waals surface area contributed by atoms with E-state index in [0.717, 1.165) is 28.2 Å².